The molecule has 0 bridgehead atoms. The molecular formula is C16H21ClN6O3S. The predicted molar refractivity (Wildman–Crippen MR) is 103 cm³/mol. The SMILES string of the molecule is CNCC1CCCN1C(=O)c1ccc(Sc2nncn2C)c([N+](=O)[O-])c1.Cl. The molecule has 0 spiro atoms. The van der Waals surface area contributed by atoms with Gasteiger partial charge in [-0.15, -0.1) is 22.6 Å². The molecule has 3 rings (SSSR count). The van der Waals surface area contributed by atoms with Gasteiger partial charge in [-0.25, -0.2) is 0 Å². The maximum Gasteiger partial charge on any atom is 0.284 e. The van der Waals surface area contributed by atoms with Crippen molar-refractivity contribution in [1.82, 2.24) is 25.0 Å². The van der Waals surface area contributed by atoms with Gasteiger partial charge in [-0.1, -0.05) is 0 Å². The number of aryl methyl sites for hydroxylation is 1. The standard InChI is InChI=1S/C16H20N6O3S.ClH/c1-17-9-12-4-3-7-21(12)15(23)11-5-6-14(13(8-11)22(24)25)26-16-19-18-10-20(16)2;/h5-6,8,10,12,17H,3-4,7,9H2,1-2H3;1H. The van der Waals surface area contributed by atoms with Gasteiger partial charge in [0.25, 0.3) is 11.6 Å². The first-order chi connectivity index (χ1) is 12.5. The second-order valence-electron chi connectivity index (χ2n) is 6.12. The van der Waals surface area contributed by atoms with Crippen molar-refractivity contribution in [2.75, 3.05) is 20.1 Å². The van der Waals surface area contributed by atoms with Crippen molar-refractivity contribution in [3.63, 3.8) is 0 Å². The number of nitro groups is 1. The number of nitrogens with one attached hydrogen (secondary N) is 1. The number of hydrogen-bond acceptors (Lipinski definition) is 7. The van der Waals surface area contributed by atoms with Gasteiger partial charge in [0.1, 0.15) is 6.33 Å². The van der Waals surface area contributed by atoms with Crippen LogP contribution < -0.4 is 5.32 Å². The Balaban J connectivity index is 0.00000261. The molecule has 1 N–H and O–H groups in total. The van der Waals surface area contributed by atoms with Crippen LogP contribution in [0.4, 0.5) is 5.69 Å². The minimum atomic E-state index is -0.468. The summed E-state index contributed by atoms with van der Waals surface area (Å²) in [6, 6.07) is 4.73. The van der Waals surface area contributed by atoms with Crippen LogP contribution in [0.1, 0.15) is 23.2 Å². The quantitative estimate of drug-likeness (QED) is 0.572. The summed E-state index contributed by atoms with van der Waals surface area (Å²) in [4.78, 5) is 26.1. The number of carbonyl (C=O) groups is 1. The van der Waals surface area contributed by atoms with Crippen LogP contribution in [-0.4, -0.2) is 56.7 Å². The molecule has 1 saturated heterocycles. The largest absolute Gasteiger partial charge is 0.334 e. The first-order valence-electron chi connectivity index (χ1n) is 8.27. The van der Waals surface area contributed by atoms with E-state index in [9.17, 15) is 14.9 Å². The van der Waals surface area contributed by atoms with Crippen molar-refractivity contribution in [2.45, 2.75) is 28.9 Å². The van der Waals surface area contributed by atoms with E-state index >= 15 is 0 Å². The number of carbonyl (C=O) groups excluding carboxylic acids is 1. The van der Waals surface area contributed by atoms with Crippen LogP contribution in [0.25, 0.3) is 0 Å². The van der Waals surface area contributed by atoms with E-state index in [4.69, 9.17) is 0 Å². The van der Waals surface area contributed by atoms with Crippen molar-refractivity contribution >= 4 is 35.8 Å². The Morgan fingerprint density at radius 3 is 2.89 bits per heavy atom. The summed E-state index contributed by atoms with van der Waals surface area (Å²) in [7, 11) is 3.62. The molecule has 2 aromatic rings. The molecule has 1 amide bonds. The highest BCUT2D eigenvalue weighted by Crippen LogP contribution is 2.34. The van der Waals surface area contributed by atoms with Crippen molar-refractivity contribution in [2.24, 2.45) is 7.05 Å². The molecule has 2 heterocycles. The van der Waals surface area contributed by atoms with E-state index in [-0.39, 0.29) is 30.0 Å². The molecule has 1 atom stereocenters. The van der Waals surface area contributed by atoms with Crippen molar-refractivity contribution < 1.29 is 9.72 Å². The van der Waals surface area contributed by atoms with Crippen LogP contribution in [0.3, 0.4) is 0 Å². The number of hydrogen-bond donors (Lipinski definition) is 1. The highest BCUT2D eigenvalue weighted by atomic mass is 35.5. The Bertz CT molecular complexity index is 830. The summed E-state index contributed by atoms with van der Waals surface area (Å²) in [5.41, 5.74) is 0.232. The summed E-state index contributed by atoms with van der Waals surface area (Å²) in [5, 5.41) is 22.9. The summed E-state index contributed by atoms with van der Waals surface area (Å²) in [5.74, 6) is -0.166. The first-order valence-corrected chi connectivity index (χ1v) is 9.08. The lowest BCUT2D eigenvalue weighted by atomic mass is 10.1. The molecule has 0 saturated carbocycles. The number of nitro benzene ring substituents is 1. The fourth-order valence-electron chi connectivity index (χ4n) is 3.06. The van der Waals surface area contributed by atoms with Gasteiger partial charge >= 0.3 is 0 Å². The van der Waals surface area contributed by atoms with Gasteiger partial charge in [0.15, 0.2) is 5.16 Å². The molecule has 1 unspecified atom stereocenters. The fraction of sp³-hybridized carbons (Fsp3) is 0.438. The van der Waals surface area contributed by atoms with Crippen molar-refractivity contribution in [3.8, 4) is 0 Å². The molecule has 11 heteroatoms. The minimum absolute atomic E-state index is 0. The van der Waals surface area contributed by atoms with Gasteiger partial charge in [0.05, 0.1) is 9.82 Å². The van der Waals surface area contributed by atoms with Crippen LogP contribution in [0.2, 0.25) is 0 Å². The maximum absolute atomic E-state index is 12.8. The third-order valence-electron chi connectivity index (χ3n) is 4.35. The molecule has 1 aliphatic rings. The Kier molecular flexibility index (Phi) is 7.17. The summed E-state index contributed by atoms with van der Waals surface area (Å²) in [6.07, 6.45) is 3.41. The van der Waals surface area contributed by atoms with Gasteiger partial charge in [0, 0.05) is 37.8 Å². The Labute approximate surface area is 167 Å². The van der Waals surface area contributed by atoms with Crippen molar-refractivity contribution in [3.05, 3.63) is 40.2 Å². The van der Waals surface area contributed by atoms with Gasteiger partial charge in [-0.2, -0.15) is 0 Å². The van der Waals surface area contributed by atoms with Crippen LogP contribution in [0.5, 0.6) is 0 Å². The van der Waals surface area contributed by atoms with E-state index < -0.39 is 4.92 Å². The molecule has 1 aromatic carbocycles. The van der Waals surface area contributed by atoms with E-state index in [1.165, 1.54) is 12.4 Å². The van der Waals surface area contributed by atoms with Gasteiger partial charge < -0.3 is 14.8 Å². The second kappa shape index (κ2) is 9.16. The normalized spacial score (nSPS) is 16.2. The van der Waals surface area contributed by atoms with E-state index in [0.717, 1.165) is 24.6 Å². The van der Waals surface area contributed by atoms with E-state index in [1.54, 1.807) is 28.6 Å². The number of aromatic nitrogens is 3. The van der Waals surface area contributed by atoms with Crippen LogP contribution in [0.15, 0.2) is 34.6 Å². The van der Waals surface area contributed by atoms with Crippen molar-refractivity contribution in [1.29, 1.82) is 0 Å². The zero-order valence-corrected chi connectivity index (χ0v) is 16.6. The molecule has 0 aliphatic carbocycles. The summed E-state index contributed by atoms with van der Waals surface area (Å²) in [6.45, 7) is 1.39. The third kappa shape index (κ3) is 4.57. The van der Waals surface area contributed by atoms with Gasteiger partial charge in [0.2, 0.25) is 0 Å². The molecule has 0 radical (unpaired) electrons. The van der Waals surface area contributed by atoms with Crippen LogP contribution >= 0.6 is 24.2 Å². The lowest BCUT2D eigenvalue weighted by molar-refractivity contribution is -0.387. The number of halogens is 1. The van der Waals surface area contributed by atoms with E-state index in [2.05, 4.69) is 15.5 Å². The van der Waals surface area contributed by atoms with E-state index in [0.29, 0.717) is 28.7 Å². The summed E-state index contributed by atoms with van der Waals surface area (Å²) < 4.78 is 1.68. The predicted octanol–water partition coefficient (Wildman–Crippen LogP) is 2.12. The average Bonchev–Trinajstić information content (AvgIpc) is 3.24. The maximum atomic E-state index is 12.8. The molecule has 1 aromatic heterocycles. The average molecular weight is 413 g/mol. The molecule has 1 fully saturated rings. The molecule has 27 heavy (non-hydrogen) atoms. The zero-order chi connectivity index (χ0) is 18.7. The Morgan fingerprint density at radius 2 is 2.26 bits per heavy atom. The Hall–Kier alpha value is -2.17. The molecule has 1 aliphatic heterocycles. The highest BCUT2D eigenvalue weighted by Gasteiger charge is 2.30. The third-order valence-corrected chi connectivity index (χ3v) is 5.47. The number of rotatable bonds is 6. The monoisotopic (exact) mass is 412 g/mol. The van der Waals surface area contributed by atoms with Crippen LogP contribution in [0, 0.1) is 10.1 Å². The first kappa shape index (κ1) is 21.1. The number of amides is 1. The highest BCUT2D eigenvalue weighted by molar-refractivity contribution is 7.99. The minimum Gasteiger partial charge on any atom is -0.334 e. The topological polar surface area (TPSA) is 106 Å². The van der Waals surface area contributed by atoms with E-state index in [1.807, 2.05) is 7.05 Å². The molecule has 9 nitrogen and oxygen atoms in total. The number of likely N-dealkylation sites (tertiary alicyclic amines) is 1. The zero-order valence-electron chi connectivity index (χ0n) is 15.0. The molecule has 146 valence electrons. The lowest BCUT2D eigenvalue weighted by Gasteiger charge is -2.24. The Morgan fingerprint density at radius 1 is 1.48 bits per heavy atom. The van der Waals surface area contributed by atoms with Gasteiger partial charge in [-0.05, 0) is 43.8 Å². The number of nitrogens with zero attached hydrogens (tertiary/aromatic N) is 5. The van der Waals surface area contributed by atoms with Gasteiger partial charge in [-0.3, -0.25) is 14.9 Å². The molecular weight excluding hydrogens is 392 g/mol. The second-order valence-corrected chi connectivity index (χ2v) is 7.13. The van der Waals surface area contributed by atoms with Crippen LogP contribution in [-0.2, 0) is 7.05 Å². The fourth-order valence-corrected chi connectivity index (χ4v) is 3.91. The summed E-state index contributed by atoms with van der Waals surface area (Å²) >= 11 is 1.15. The lowest BCUT2D eigenvalue weighted by Crippen LogP contribution is -2.40. The number of benzene rings is 1. The number of likely N-dealkylation sites (N-methyl/N-ethyl adjacent to an activating group) is 1. The smallest absolute Gasteiger partial charge is 0.284 e.